The minimum Gasteiger partial charge on any atom is -0.481 e. The first-order chi connectivity index (χ1) is 9.99. The van der Waals surface area contributed by atoms with E-state index in [4.69, 9.17) is 0 Å². The average Bonchev–Trinajstić information content (AvgIpc) is 2.90. The van der Waals surface area contributed by atoms with Gasteiger partial charge in [-0.2, -0.15) is 0 Å². The molecule has 6 heteroatoms. The van der Waals surface area contributed by atoms with E-state index in [1.165, 1.54) is 0 Å². The Kier molecular flexibility index (Phi) is 3.08. The van der Waals surface area contributed by atoms with Crippen molar-refractivity contribution in [1.82, 2.24) is 14.9 Å². The molecule has 0 aliphatic carbocycles. The highest BCUT2D eigenvalue weighted by molar-refractivity contribution is 5.97. The third-order valence-corrected chi connectivity index (χ3v) is 3.99. The largest absolute Gasteiger partial charge is 0.481 e. The van der Waals surface area contributed by atoms with Crippen molar-refractivity contribution in [3.63, 3.8) is 0 Å². The highest BCUT2D eigenvalue weighted by atomic mass is 16.4. The molecule has 1 amide bonds. The molecule has 1 aliphatic heterocycles. The number of carbonyl (C=O) groups is 2. The van der Waals surface area contributed by atoms with Crippen LogP contribution >= 0.6 is 0 Å². The molecule has 1 atom stereocenters. The van der Waals surface area contributed by atoms with Crippen molar-refractivity contribution in [1.29, 1.82) is 0 Å². The Hall–Kier alpha value is -2.50. The molecule has 1 fully saturated rings. The van der Waals surface area contributed by atoms with Crippen molar-refractivity contribution >= 4 is 22.9 Å². The summed E-state index contributed by atoms with van der Waals surface area (Å²) in [7, 11) is 0. The van der Waals surface area contributed by atoms with Crippen LogP contribution in [-0.2, 0) is 4.79 Å². The molecular weight excluding hydrogens is 270 g/mol. The summed E-state index contributed by atoms with van der Waals surface area (Å²) in [5, 5.41) is 9.23. The molecule has 1 aromatic heterocycles. The Balaban J connectivity index is 1.86. The molecule has 1 aromatic carbocycles. The van der Waals surface area contributed by atoms with Gasteiger partial charge < -0.3 is 10.0 Å². The lowest BCUT2D eigenvalue weighted by Crippen LogP contribution is -2.34. The first-order valence-electron chi connectivity index (χ1n) is 6.73. The zero-order valence-electron chi connectivity index (χ0n) is 11.6. The van der Waals surface area contributed by atoms with Crippen LogP contribution in [0.15, 0.2) is 30.6 Å². The second-order valence-electron chi connectivity index (χ2n) is 5.60. The Labute approximate surface area is 121 Å². The fraction of sp³-hybridized carbons (Fsp3) is 0.333. The first-order valence-corrected chi connectivity index (χ1v) is 6.73. The summed E-state index contributed by atoms with van der Waals surface area (Å²) in [6.07, 6.45) is 3.65. The molecule has 21 heavy (non-hydrogen) atoms. The van der Waals surface area contributed by atoms with Crippen molar-refractivity contribution < 1.29 is 14.7 Å². The lowest BCUT2D eigenvalue weighted by Gasteiger charge is -2.20. The van der Waals surface area contributed by atoms with Crippen LogP contribution in [0.5, 0.6) is 0 Å². The molecule has 0 bridgehead atoms. The standard InChI is InChI=1S/C15H15N3O3/c1-15(14(20)21)4-7-18(9-15)13(19)10-2-3-11-12(8-10)17-6-5-16-11/h2-3,5-6,8H,4,7,9H2,1H3,(H,20,21)/t15-/m0/s1. The molecule has 0 saturated carbocycles. The monoisotopic (exact) mass is 285 g/mol. The van der Waals surface area contributed by atoms with E-state index < -0.39 is 11.4 Å². The molecule has 0 spiro atoms. The van der Waals surface area contributed by atoms with Crippen molar-refractivity contribution in [3.8, 4) is 0 Å². The molecule has 6 nitrogen and oxygen atoms in total. The number of aromatic nitrogens is 2. The van der Waals surface area contributed by atoms with Gasteiger partial charge in [0.2, 0.25) is 0 Å². The quantitative estimate of drug-likeness (QED) is 0.905. The number of carbonyl (C=O) groups excluding carboxylic acids is 1. The van der Waals surface area contributed by atoms with Gasteiger partial charge in [0.1, 0.15) is 0 Å². The number of fused-ring (bicyclic) bond motifs is 1. The van der Waals surface area contributed by atoms with E-state index in [1.807, 2.05) is 0 Å². The van der Waals surface area contributed by atoms with E-state index in [2.05, 4.69) is 9.97 Å². The number of hydrogen-bond acceptors (Lipinski definition) is 4. The Morgan fingerprint density at radius 2 is 1.95 bits per heavy atom. The van der Waals surface area contributed by atoms with E-state index in [0.29, 0.717) is 24.0 Å². The van der Waals surface area contributed by atoms with Crippen LogP contribution in [0.2, 0.25) is 0 Å². The van der Waals surface area contributed by atoms with Crippen molar-refractivity contribution in [3.05, 3.63) is 36.2 Å². The third kappa shape index (κ3) is 2.33. The van der Waals surface area contributed by atoms with E-state index in [1.54, 1.807) is 42.4 Å². The third-order valence-electron chi connectivity index (χ3n) is 3.99. The summed E-state index contributed by atoms with van der Waals surface area (Å²) in [5.74, 6) is -1.02. The highest BCUT2D eigenvalue weighted by Gasteiger charge is 2.42. The van der Waals surface area contributed by atoms with Crippen LogP contribution < -0.4 is 0 Å². The minimum atomic E-state index is -0.859. The molecule has 2 heterocycles. The number of likely N-dealkylation sites (tertiary alicyclic amines) is 1. The van der Waals surface area contributed by atoms with Gasteiger partial charge in [0, 0.05) is 31.0 Å². The fourth-order valence-electron chi connectivity index (χ4n) is 2.59. The van der Waals surface area contributed by atoms with Gasteiger partial charge in [-0.25, -0.2) is 0 Å². The van der Waals surface area contributed by atoms with Crippen LogP contribution in [0, 0.1) is 5.41 Å². The predicted octanol–water partition coefficient (Wildman–Crippen LogP) is 1.57. The second-order valence-corrected chi connectivity index (χ2v) is 5.60. The molecule has 1 aliphatic rings. The van der Waals surface area contributed by atoms with Crippen LogP contribution in [0.4, 0.5) is 0 Å². The molecular formula is C15H15N3O3. The molecule has 2 aromatic rings. The minimum absolute atomic E-state index is 0.160. The maximum absolute atomic E-state index is 12.5. The number of benzene rings is 1. The summed E-state index contributed by atoms with van der Waals surface area (Å²) in [6, 6.07) is 5.15. The lowest BCUT2D eigenvalue weighted by atomic mass is 9.90. The fourth-order valence-corrected chi connectivity index (χ4v) is 2.59. The van der Waals surface area contributed by atoms with E-state index in [-0.39, 0.29) is 12.5 Å². The molecule has 1 N–H and O–H groups in total. The molecule has 1 saturated heterocycles. The zero-order valence-corrected chi connectivity index (χ0v) is 11.6. The Morgan fingerprint density at radius 1 is 1.24 bits per heavy atom. The lowest BCUT2D eigenvalue weighted by molar-refractivity contribution is -0.147. The summed E-state index contributed by atoms with van der Waals surface area (Å²) in [6.45, 7) is 2.37. The summed E-state index contributed by atoms with van der Waals surface area (Å²) >= 11 is 0. The first kappa shape index (κ1) is 13.5. The normalized spacial score (nSPS) is 21.7. The van der Waals surface area contributed by atoms with Crippen molar-refractivity contribution in [2.75, 3.05) is 13.1 Å². The van der Waals surface area contributed by atoms with Crippen molar-refractivity contribution in [2.24, 2.45) is 5.41 Å². The molecule has 0 radical (unpaired) electrons. The smallest absolute Gasteiger partial charge is 0.311 e. The summed E-state index contributed by atoms with van der Waals surface area (Å²) in [4.78, 5) is 33.7. The summed E-state index contributed by atoms with van der Waals surface area (Å²) in [5.41, 5.74) is 1.04. The van der Waals surface area contributed by atoms with E-state index >= 15 is 0 Å². The number of nitrogens with zero attached hydrogens (tertiary/aromatic N) is 3. The van der Waals surface area contributed by atoms with Gasteiger partial charge in [-0.1, -0.05) is 0 Å². The van der Waals surface area contributed by atoms with Gasteiger partial charge in [0.05, 0.1) is 16.4 Å². The second kappa shape index (κ2) is 4.80. The molecule has 108 valence electrons. The van der Waals surface area contributed by atoms with Crippen LogP contribution in [0.3, 0.4) is 0 Å². The van der Waals surface area contributed by atoms with Crippen molar-refractivity contribution in [2.45, 2.75) is 13.3 Å². The maximum Gasteiger partial charge on any atom is 0.311 e. The van der Waals surface area contributed by atoms with Crippen LogP contribution in [-0.4, -0.2) is 44.9 Å². The maximum atomic E-state index is 12.5. The highest BCUT2D eigenvalue weighted by Crippen LogP contribution is 2.31. The number of amides is 1. The molecule has 0 unspecified atom stereocenters. The number of rotatable bonds is 2. The number of aliphatic carboxylic acids is 1. The van der Waals surface area contributed by atoms with Gasteiger partial charge >= 0.3 is 5.97 Å². The molecule has 3 rings (SSSR count). The van der Waals surface area contributed by atoms with Gasteiger partial charge in [-0.05, 0) is 31.5 Å². The van der Waals surface area contributed by atoms with Gasteiger partial charge in [0.25, 0.3) is 5.91 Å². The predicted molar refractivity (Wildman–Crippen MR) is 75.8 cm³/mol. The van der Waals surface area contributed by atoms with Crippen LogP contribution in [0.25, 0.3) is 11.0 Å². The average molecular weight is 285 g/mol. The van der Waals surface area contributed by atoms with Gasteiger partial charge in [0.15, 0.2) is 0 Å². The Bertz CT molecular complexity index is 731. The van der Waals surface area contributed by atoms with E-state index in [9.17, 15) is 14.7 Å². The Morgan fingerprint density at radius 3 is 2.62 bits per heavy atom. The number of carboxylic acid groups (broad SMARTS) is 1. The van der Waals surface area contributed by atoms with Gasteiger partial charge in [-0.15, -0.1) is 0 Å². The number of carboxylic acids is 1. The topological polar surface area (TPSA) is 83.4 Å². The van der Waals surface area contributed by atoms with Gasteiger partial charge in [-0.3, -0.25) is 19.6 Å². The SMILES string of the molecule is C[C@]1(C(=O)O)CCN(C(=O)c2ccc3nccnc3c2)C1. The van der Waals surface area contributed by atoms with Crippen LogP contribution in [0.1, 0.15) is 23.7 Å². The number of hydrogen-bond donors (Lipinski definition) is 1. The van der Waals surface area contributed by atoms with E-state index in [0.717, 1.165) is 5.52 Å². The zero-order chi connectivity index (χ0) is 15.0. The summed E-state index contributed by atoms with van der Waals surface area (Å²) < 4.78 is 0.